The van der Waals surface area contributed by atoms with Gasteiger partial charge < -0.3 is 20.7 Å². The number of nitrogen functional groups attached to an aromatic ring is 1. The molecule has 0 aliphatic heterocycles. The maximum Gasteiger partial charge on any atom is 0.229 e. The molecule has 0 amide bonds. The van der Waals surface area contributed by atoms with E-state index in [-0.39, 0.29) is 12.4 Å². The van der Waals surface area contributed by atoms with E-state index in [0.717, 1.165) is 36.4 Å². The molecular weight excluding hydrogens is 314 g/mol. The van der Waals surface area contributed by atoms with Crippen LogP contribution < -0.4 is 15.8 Å². The molecule has 6 nitrogen and oxygen atoms in total. The van der Waals surface area contributed by atoms with Crippen LogP contribution in [0.2, 0.25) is 0 Å². The molecular formula is C16H24ClN5O. The molecule has 0 spiro atoms. The first-order chi connectivity index (χ1) is 10.6. The van der Waals surface area contributed by atoms with Gasteiger partial charge >= 0.3 is 0 Å². The molecule has 0 radical (unpaired) electrons. The zero-order valence-corrected chi connectivity index (χ0v) is 14.6. The highest BCUT2D eigenvalue weighted by Crippen LogP contribution is 2.20. The lowest BCUT2D eigenvalue weighted by molar-refractivity contribution is 0.400. The van der Waals surface area contributed by atoms with Gasteiger partial charge in [-0.15, -0.1) is 12.4 Å². The number of nitrogens with zero attached hydrogens (tertiary/aromatic N) is 3. The number of anilines is 3. The summed E-state index contributed by atoms with van der Waals surface area (Å²) in [7, 11) is 5.75. The van der Waals surface area contributed by atoms with Crippen LogP contribution in [-0.4, -0.2) is 42.6 Å². The Labute approximate surface area is 143 Å². The molecule has 0 fully saturated rings. The zero-order valence-electron chi connectivity index (χ0n) is 13.7. The minimum absolute atomic E-state index is 0. The minimum atomic E-state index is 0. The summed E-state index contributed by atoms with van der Waals surface area (Å²) >= 11 is 0. The van der Waals surface area contributed by atoms with E-state index in [4.69, 9.17) is 10.5 Å². The Hall–Kier alpha value is -2.05. The number of nitrogens with one attached hydrogen (secondary N) is 1. The molecule has 1 heterocycles. The maximum absolute atomic E-state index is 6.02. The van der Waals surface area contributed by atoms with E-state index >= 15 is 0 Å². The number of methoxy groups -OCH3 is 1. The van der Waals surface area contributed by atoms with Gasteiger partial charge in [-0.1, -0.05) is 6.07 Å². The molecule has 0 atom stereocenters. The van der Waals surface area contributed by atoms with Crippen molar-refractivity contribution >= 4 is 29.9 Å². The number of halogens is 1. The van der Waals surface area contributed by atoms with Gasteiger partial charge in [0, 0.05) is 23.5 Å². The molecule has 0 bridgehead atoms. The van der Waals surface area contributed by atoms with Gasteiger partial charge in [0.15, 0.2) is 0 Å². The van der Waals surface area contributed by atoms with E-state index in [1.807, 2.05) is 24.3 Å². The quantitative estimate of drug-likeness (QED) is 0.809. The summed E-state index contributed by atoms with van der Waals surface area (Å²) in [4.78, 5) is 10.8. The highest BCUT2D eigenvalue weighted by Gasteiger charge is 2.05. The van der Waals surface area contributed by atoms with Crippen molar-refractivity contribution < 1.29 is 4.74 Å². The number of hydrogen-bond donors (Lipinski definition) is 2. The molecule has 0 aliphatic rings. The van der Waals surface area contributed by atoms with Crippen LogP contribution in [0.4, 0.5) is 17.5 Å². The summed E-state index contributed by atoms with van der Waals surface area (Å²) in [6, 6.07) is 7.59. The number of nitrogens with two attached hydrogens (primary N) is 1. The highest BCUT2D eigenvalue weighted by atomic mass is 35.5. The second kappa shape index (κ2) is 9.17. The molecule has 2 aromatic rings. The first-order valence-electron chi connectivity index (χ1n) is 7.25. The second-order valence-electron chi connectivity index (χ2n) is 5.37. The minimum Gasteiger partial charge on any atom is -0.497 e. The topological polar surface area (TPSA) is 76.3 Å². The van der Waals surface area contributed by atoms with Gasteiger partial charge in [-0.25, -0.2) is 4.98 Å². The SMILES string of the molecule is COc1cccc(Nc2ncc(CCCN(C)C)c(N)n2)c1.Cl. The average Bonchev–Trinajstić information content (AvgIpc) is 2.49. The lowest BCUT2D eigenvalue weighted by Crippen LogP contribution is -2.14. The van der Waals surface area contributed by atoms with Crippen molar-refractivity contribution in [1.29, 1.82) is 0 Å². The van der Waals surface area contributed by atoms with Crippen LogP contribution in [0.25, 0.3) is 0 Å². The van der Waals surface area contributed by atoms with E-state index in [1.165, 1.54) is 0 Å². The van der Waals surface area contributed by atoms with Crippen molar-refractivity contribution in [1.82, 2.24) is 14.9 Å². The predicted octanol–water partition coefficient (Wildman–Crippen LogP) is 2.73. The third-order valence-corrected chi connectivity index (χ3v) is 3.28. The first-order valence-corrected chi connectivity index (χ1v) is 7.25. The Kier molecular flexibility index (Phi) is 7.57. The Balaban J connectivity index is 0.00000264. The lowest BCUT2D eigenvalue weighted by Gasteiger charge is -2.11. The Morgan fingerprint density at radius 3 is 2.74 bits per heavy atom. The summed E-state index contributed by atoms with van der Waals surface area (Å²) in [5.41, 5.74) is 7.86. The molecule has 23 heavy (non-hydrogen) atoms. The maximum atomic E-state index is 6.02. The van der Waals surface area contributed by atoms with Crippen molar-refractivity contribution in [3.63, 3.8) is 0 Å². The molecule has 0 saturated heterocycles. The second-order valence-corrected chi connectivity index (χ2v) is 5.37. The van der Waals surface area contributed by atoms with Gasteiger partial charge in [-0.3, -0.25) is 0 Å². The average molecular weight is 338 g/mol. The number of benzene rings is 1. The van der Waals surface area contributed by atoms with E-state index in [9.17, 15) is 0 Å². The van der Waals surface area contributed by atoms with Crippen molar-refractivity contribution in [2.75, 3.05) is 38.8 Å². The van der Waals surface area contributed by atoms with E-state index < -0.39 is 0 Å². The predicted molar refractivity (Wildman–Crippen MR) is 96.8 cm³/mol. The molecule has 0 aliphatic carbocycles. The van der Waals surface area contributed by atoms with Crippen molar-refractivity contribution in [3.8, 4) is 5.75 Å². The molecule has 0 unspecified atom stereocenters. The van der Waals surface area contributed by atoms with Gasteiger partial charge in [-0.2, -0.15) is 4.98 Å². The Morgan fingerprint density at radius 2 is 2.09 bits per heavy atom. The van der Waals surface area contributed by atoms with Crippen molar-refractivity contribution in [2.45, 2.75) is 12.8 Å². The van der Waals surface area contributed by atoms with Crippen LogP contribution in [0.15, 0.2) is 30.5 Å². The van der Waals surface area contributed by atoms with Gasteiger partial charge in [0.2, 0.25) is 5.95 Å². The normalized spacial score (nSPS) is 10.3. The number of rotatable bonds is 7. The molecule has 0 saturated carbocycles. The van der Waals surface area contributed by atoms with Crippen LogP contribution in [0.1, 0.15) is 12.0 Å². The highest BCUT2D eigenvalue weighted by molar-refractivity contribution is 5.85. The Morgan fingerprint density at radius 1 is 1.30 bits per heavy atom. The zero-order chi connectivity index (χ0) is 15.9. The third-order valence-electron chi connectivity index (χ3n) is 3.28. The number of aromatic nitrogens is 2. The summed E-state index contributed by atoms with van der Waals surface area (Å²) in [5.74, 6) is 1.79. The first kappa shape index (κ1) is 19.0. The third kappa shape index (κ3) is 5.92. The molecule has 2 rings (SSSR count). The molecule has 7 heteroatoms. The van der Waals surface area contributed by atoms with Gasteiger partial charge in [0.05, 0.1) is 7.11 Å². The molecule has 126 valence electrons. The molecule has 3 N–H and O–H groups in total. The summed E-state index contributed by atoms with van der Waals surface area (Å²) in [5, 5.41) is 3.13. The fourth-order valence-electron chi connectivity index (χ4n) is 2.09. The summed E-state index contributed by atoms with van der Waals surface area (Å²) in [6.45, 7) is 1.02. The van der Waals surface area contributed by atoms with Crippen LogP contribution >= 0.6 is 12.4 Å². The number of hydrogen-bond acceptors (Lipinski definition) is 6. The fraction of sp³-hybridized carbons (Fsp3) is 0.375. The van der Waals surface area contributed by atoms with Gasteiger partial charge in [0.1, 0.15) is 11.6 Å². The van der Waals surface area contributed by atoms with E-state index in [1.54, 1.807) is 13.3 Å². The largest absolute Gasteiger partial charge is 0.497 e. The monoisotopic (exact) mass is 337 g/mol. The molecule has 1 aromatic heterocycles. The Bertz CT molecular complexity index is 621. The number of aryl methyl sites for hydroxylation is 1. The van der Waals surface area contributed by atoms with Gasteiger partial charge in [-0.05, 0) is 45.6 Å². The van der Waals surface area contributed by atoms with E-state index in [2.05, 4.69) is 34.3 Å². The van der Waals surface area contributed by atoms with Crippen LogP contribution in [0.5, 0.6) is 5.75 Å². The van der Waals surface area contributed by atoms with Crippen LogP contribution in [0, 0.1) is 0 Å². The van der Waals surface area contributed by atoms with E-state index in [0.29, 0.717) is 11.8 Å². The smallest absolute Gasteiger partial charge is 0.229 e. The lowest BCUT2D eigenvalue weighted by atomic mass is 10.1. The van der Waals surface area contributed by atoms with Crippen molar-refractivity contribution in [2.24, 2.45) is 0 Å². The molecule has 1 aromatic carbocycles. The fourth-order valence-corrected chi connectivity index (χ4v) is 2.09. The summed E-state index contributed by atoms with van der Waals surface area (Å²) < 4.78 is 5.19. The standard InChI is InChI=1S/C16H23N5O.ClH/c1-21(2)9-5-6-12-11-18-16(20-15(12)17)19-13-7-4-8-14(10-13)22-3;/h4,7-8,10-11H,5-6,9H2,1-3H3,(H3,17,18,19,20);1H. The summed E-state index contributed by atoms with van der Waals surface area (Å²) in [6.07, 6.45) is 3.70. The van der Waals surface area contributed by atoms with Crippen molar-refractivity contribution in [3.05, 3.63) is 36.0 Å². The number of ether oxygens (including phenoxy) is 1. The van der Waals surface area contributed by atoms with Crippen LogP contribution in [0.3, 0.4) is 0 Å². The van der Waals surface area contributed by atoms with Gasteiger partial charge in [0.25, 0.3) is 0 Å². The van der Waals surface area contributed by atoms with Crippen LogP contribution in [-0.2, 0) is 6.42 Å².